The van der Waals surface area contributed by atoms with Gasteiger partial charge in [-0.3, -0.25) is 9.59 Å². The fourth-order valence-electron chi connectivity index (χ4n) is 3.39. The molecule has 4 heteroatoms. The van der Waals surface area contributed by atoms with Crippen molar-refractivity contribution in [1.82, 2.24) is 4.90 Å². The van der Waals surface area contributed by atoms with E-state index in [2.05, 4.69) is 17.5 Å². The lowest BCUT2D eigenvalue weighted by Crippen LogP contribution is -2.35. The Morgan fingerprint density at radius 3 is 2.56 bits per heavy atom. The Balaban J connectivity index is 1.69. The van der Waals surface area contributed by atoms with Gasteiger partial charge in [0.15, 0.2) is 0 Å². The first-order chi connectivity index (χ1) is 13.1. The van der Waals surface area contributed by atoms with Crippen LogP contribution in [0.4, 0.5) is 5.69 Å². The van der Waals surface area contributed by atoms with Crippen molar-refractivity contribution in [3.8, 4) is 0 Å². The van der Waals surface area contributed by atoms with Crippen LogP contribution in [0.25, 0.3) is 0 Å². The second-order valence-electron chi connectivity index (χ2n) is 7.05. The maximum atomic E-state index is 12.8. The molecule has 0 saturated carbocycles. The van der Waals surface area contributed by atoms with Gasteiger partial charge in [-0.1, -0.05) is 42.5 Å². The Hall–Kier alpha value is -2.88. The number of carbonyl (C=O) groups excluding carboxylic acids is 2. The van der Waals surface area contributed by atoms with Gasteiger partial charge >= 0.3 is 0 Å². The van der Waals surface area contributed by atoms with Crippen LogP contribution >= 0.6 is 0 Å². The summed E-state index contributed by atoms with van der Waals surface area (Å²) in [5, 5.41) is 2.93. The Morgan fingerprint density at radius 1 is 1.07 bits per heavy atom. The molecular formula is C23H26N2O2. The number of carbonyl (C=O) groups is 2. The van der Waals surface area contributed by atoms with E-state index in [1.54, 1.807) is 12.1 Å². The minimum atomic E-state index is -0.140. The fraction of sp³-hybridized carbons (Fsp3) is 0.304. The number of nitrogens with zero attached hydrogens (tertiary/aromatic N) is 1. The molecule has 3 rings (SSSR count). The largest absolute Gasteiger partial charge is 0.339 e. The molecule has 1 N–H and O–H groups in total. The zero-order chi connectivity index (χ0) is 19.2. The van der Waals surface area contributed by atoms with Crippen LogP contribution in [0.3, 0.4) is 0 Å². The second-order valence-corrected chi connectivity index (χ2v) is 7.05. The number of allylic oxidation sites excluding steroid dienone is 2. The summed E-state index contributed by atoms with van der Waals surface area (Å²) >= 11 is 0. The van der Waals surface area contributed by atoms with Gasteiger partial charge < -0.3 is 10.2 Å². The average Bonchev–Trinajstić information content (AvgIpc) is 2.73. The summed E-state index contributed by atoms with van der Waals surface area (Å²) in [6, 6.07) is 16.8. The van der Waals surface area contributed by atoms with Crippen LogP contribution in [0.15, 0.2) is 66.7 Å². The third-order valence-corrected chi connectivity index (χ3v) is 5.21. The number of rotatable bonds is 5. The minimum Gasteiger partial charge on any atom is -0.339 e. The highest BCUT2D eigenvalue weighted by Gasteiger charge is 2.25. The van der Waals surface area contributed by atoms with E-state index in [1.807, 2.05) is 61.3 Å². The summed E-state index contributed by atoms with van der Waals surface area (Å²) in [5.41, 5.74) is 2.35. The molecule has 0 bridgehead atoms. The van der Waals surface area contributed by atoms with E-state index < -0.39 is 0 Å². The number of anilines is 1. The Bertz CT molecular complexity index is 829. The summed E-state index contributed by atoms with van der Waals surface area (Å²) in [7, 11) is 1.86. The van der Waals surface area contributed by atoms with E-state index in [0.29, 0.717) is 5.56 Å². The van der Waals surface area contributed by atoms with E-state index in [9.17, 15) is 9.59 Å². The van der Waals surface area contributed by atoms with Gasteiger partial charge in [-0.05, 0) is 56.0 Å². The molecule has 2 atom stereocenters. The Morgan fingerprint density at radius 2 is 1.85 bits per heavy atom. The Labute approximate surface area is 160 Å². The molecule has 1 aliphatic rings. The summed E-state index contributed by atoms with van der Waals surface area (Å²) in [6.07, 6.45) is 6.96. The average molecular weight is 362 g/mol. The van der Waals surface area contributed by atoms with Crippen molar-refractivity contribution >= 4 is 17.5 Å². The maximum absolute atomic E-state index is 12.8. The standard InChI is InChI=1S/C23H26N2O2/c1-17(25(2)23(27)19-12-7-4-8-13-19)20-14-9-15-21(16-20)24-22(26)18-10-5-3-6-11-18/h3-7,9-11,14-17,19H,8,12-13H2,1-2H3,(H,24,26)/t17-,19-/m1/s1. The Kier molecular flexibility index (Phi) is 6.07. The molecular weight excluding hydrogens is 336 g/mol. The van der Waals surface area contributed by atoms with Crippen LogP contribution in [0.2, 0.25) is 0 Å². The van der Waals surface area contributed by atoms with Crippen molar-refractivity contribution in [3.05, 3.63) is 77.9 Å². The van der Waals surface area contributed by atoms with E-state index >= 15 is 0 Å². The number of hydrogen-bond donors (Lipinski definition) is 1. The van der Waals surface area contributed by atoms with Crippen LogP contribution < -0.4 is 5.32 Å². The van der Waals surface area contributed by atoms with Crippen LogP contribution in [-0.4, -0.2) is 23.8 Å². The van der Waals surface area contributed by atoms with Gasteiger partial charge in [-0.2, -0.15) is 0 Å². The highest BCUT2D eigenvalue weighted by atomic mass is 16.2. The highest BCUT2D eigenvalue weighted by molar-refractivity contribution is 6.04. The zero-order valence-electron chi connectivity index (χ0n) is 15.9. The molecule has 0 saturated heterocycles. The molecule has 0 unspecified atom stereocenters. The lowest BCUT2D eigenvalue weighted by molar-refractivity contribution is -0.136. The first-order valence-corrected chi connectivity index (χ1v) is 9.44. The number of amides is 2. The van der Waals surface area contributed by atoms with Crippen molar-refractivity contribution in [2.75, 3.05) is 12.4 Å². The maximum Gasteiger partial charge on any atom is 0.255 e. The zero-order valence-corrected chi connectivity index (χ0v) is 15.9. The van der Waals surface area contributed by atoms with Gasteiger partial charge in [0.25, 0.3) is 5.91 Å². The molecule has 0 heterocycles. The highest BCUT2D eigenvalue weighted by Crippen LogP contribution is 2.27. The summed E-state index contributed by atoms with van der Waals surface area (Å²) < 4.78 is 0. The van der Waals surface area contributed by atoms with Crippen LogP contribution in [0, 0.1) is 5.92 Å². The normalized spacial score (nSPS) is 17.2. The molecule has 4 nitrogen and oxygen atoms in total. The predicted octanol–water partition coefficient (Wildman–Crippen LogP) is 4.81. The van der Waals surface area contributed by atoms with Crippen molar-refractivity contribution in [3.63, 3.8) is 0 Å². The van der Waals surface area contributed by atoms with Crippen LogP contribution in [0.5, 0.6) is 0 Å². The first kappa shape index (κ1) is 18.9. The van der Waals surface area contributed by atoms with Crippen LogP contribution in [0.1, 0.15) is 48.1 Å². The van der Waals surface area contributed by atoms with E-state index in [1.165, 1.54) is 0 Å². The second kappa shape index (κ2) is 8.67. The first-order valence-electron chi connectivity index (χ1n) is 9.44. The van der Waals surface area contributed by atoms with Crippen molar-refractivity contribution in [2.45, 2.75) is 32.2 Å². The molecule has 2 amide bonds. The summed E-state index contributed by atoms with van der Waals surface area (Å²) in [4.78, 5) is 27.0. The SMILES string of the molecule is C[C@H](c1cccc(NC(=O)c2ccccc2)c1)N(C)C(=O)[C@@H]1CC=CCC1. The molecule has 27 heavy (non-hydrogen) atoms. The van der Waals surface area contributed by atoms with Gasteiger partial charge in [0.05, 0.1) is 6.04 Å². The molecule has 0 fully saturated rings. The van der Waals surface area contributed by atoms with Gasteiger partial charge in [0.2, 0.25) is 5.91 Å². The molecule has 2 aromatic carbocycles. The molecule has 0 radical (unpaired) electrons. The number of nitrogens with one attached hydrogen (secondary N) is 1. The van der Waals surface area contributed by atoms with E-state index in [0.717, 1.165) is 30.5 Å². The topological polar surface area (TPSA) is 49.4 Å². The lowest BCUT2D eigenvalue weighted by atomic mass is 9.92. The van der Waals surface area contributed by atoms with E-state index in [-0.39, 0.29) is 23.8 Å². The third kappa shape index (κ3) is 4.64. The molecule has 1 aliphatic carbocycles. The van der Waals surface area contributed by atoms with Gasteiger partial charge in [-0.25, -0.2) is 0 Å². The minimum absolute atomic E-state index is 0.0583. The van der Waals surface area contributed by atoms with Crippen molar-refractivity contribution in [1.29, 1.82) is 0 Å². The van der Waals surface area contributed by atoms with Gasteiger partial charge in [0.1, 0.15) is 0 Å². The number of benzene rings is 2. The number of hydrogen-bond acceptors (Lipinski definition) is 2. The van der Waals surface area contributed by atoms with E-state index in [4.69, 9.17) is 0 Å². The van der Waals surface area contributed by atoms with Gasteiger partial charge in [0, 0.05) is 24.2 Å². The van der Waals surface area contributed by atoms with Crippen molar-refractivity contribution in [2.24, 2.45) is 5.92 Å². The fourth-order valence-corrected chi connectivity index (χ4v) is 3.39. The van der Waals surface area contributed by atoms with Crippen LogP contribution in [-0.2, 0) is 4.79 Å². The molecule has 140 valence electrons. The summed E-state index contributed by atoms with van der Waals surface area (Å²) in [5.74, 6) is 0.118. The van der Waals surface area contributed by atoms with Crippen molar-refractivity contribution < 1.29 is 9.59 Å². The van der Waals surface area contributed by atoms with Gasteiger partial charge in [-0.15, -0.1) is 0 Å². The molecule has 2 aromatic rings. The quantitative estimate of drug-likeness (QED) is 0.776. The molecule has 0 aromatic heterocycles. The summed E-state index contributed by atoms with van der Waals surface area (Å²) in [6.45, 7) is 2.02. The predicted molar refractivity (Wildman–Crippen MR) is 109 cm³/mol. The monoisotopic (exact) mass is 362 g/mol. The smallest absolute Gasteiger partial charge is 0.255 e. The lowest BCUT2D eigenvalue weighted by Gasteiger charge is -2.30. The third-order valence-electron chi connectivity index (χ3n) is 5.21. The molecule has 0 spiro atoms. The molecule has 0 aliphatic heterocycles.